The molecule has 1 aromatic heterocycles. The Labute approximate surface area is 169 Å². The first kappa shape index (κ1) is 19.7. The Kier molecular flexibility index (Phi) is 7.19. The summed E-state index contributed by atoms with van der Waals surface area (Å²) in [5.41, 5.74) is 2.37. The molecule has 0 saturated carbocycles. The number of hydrogen-bond acceptors (Lipinski definition) is 3. The first-order chi connectivity index (χ1) is 11.7. The van der Waals surface area contributed by atoms with Crippen molar-refractivity contribution in [2.45, 2.75) is 26.9 Å². The molecule has 1 heterocycles. The Morgan fingerprint density at radius 3 is 2.48 bits per heavy atom. The molecule has 25 heavy (non-hydrogen) atoms. The van der Waals surface area contributed by atoms with Crippen molar-refractivity contribution in [1.82, 2.24) is 15.6 Å². The largest absolute Gasteiger partial charge is 0.352 e. The Morgan fingerprint density at radius 1 is 1.04 bits per heavy atom. The lowest BCUT2D eigenvalue weighted by molar-refractivity contribution is 0.806. The minimum atomic E-state index is 0. The number of fused-ring (bicyclic) bond motifs is 1. The van der Waals surface area contributed by atoms with Crippen molar-refractivity contribution < 1.29 is 0 Å². The van der Waals surface area contributed by atoms with E-state index in [0.717, 1.165) is 23.2 Å². The Balaban J connectivity index is 0.00000225. The number of nitrogens with zero attached hydrogens (tertiary/aromatic N) is 2. The zero-order valence-corrected chi connectivity index (χ0v) is 17.8. The Morgan fingerprint density at radius 2 is 1.76 bits per heavy atom. The fourth-order valence-electron chi connectivity index (χ4n) is 2.62. The molecule has 0 fully saturated rings. The lowest BCUT2D eigenvalue weighted by Crippen LogP contribution is -2.36. The highest BCUT2D eigenvalue weighted by molar-refractivity contribution is 14.0. The van der Waals surface area contributed by atoms with Gasteiger partial charge in [-0.15, -0.1) is 35.3 Å². The third-order valence-electron chi connectivity index (χ3n) is 4.03. The monoisotopic (exact) mass is 466 g/mol. The van der Waals surface area contributed by atoms with Gasteiger partial charge in [-0.1, -0.05) is 42.5 Å². The predicted molar refractivity (Wildman–Crippen MR) is 118 cm³/mol. The van der Waals surface area contributed by atoms with Gasteiger partial charge in [0.1, 0.15) is 5.01 Å². The molecule has 4 nitrogen and oxygen atoms in total. The van der Waals surface area contributed by atoms with Gasteiger partial charge in [0.2, 0.25) is 0 Å². The number of thiazole rings is 1. The van der Waals surface area contributed by atoms with E-state index < -0.39 is 0 Å². The average Bonchev–Trinajstić information content (AvgIpc) is 2.93. The fraction of sp³-hybridized carbons (Fsp3) is 0.263. The van der Waals surface area contributed by atoms with Gasteiger partial charge in [0.15, 0.2) is 5.96 Å². The topological polar surface area (TPSA) is 49.3 Å². The van der Waals surface area contributed by atoms with Gasteiger partial charge < -0.3 is 10.6 Å². The van der Waals surface area contributed by atoms with Crippen LogP contribution in [0.15, 0.2) is 47.5 Å². The summed E-state index contributed by atoms with van der Waals surface area (Å²) in [6.45, 7) is 5.57. The summed E-state index contributed by atoms with van der Waals surface area (Å²) in [6.07, 6.45) is 0. The van der Waals surface area contributed by atoms with E-state index in [9.17, 15) is 0 Å². The minimum Gasteiger partial charge on any atom is -0.352 e. The quantitative estimate of drug-likeness (QED) is 0.341. The standard InChI is InChI=1S/C19H22N4S.HI/c1-13-14(2)24-18(23-13)12-22-19(20-3)21-11-16-9-6-8-15-7-4-5-10-17(15)16;/h4-10H,11-12H2,1-3H3,(H2,20,21,22);1H. The third kappa shape index (κ3) is 4.92. The summed E-state index contributed by atoms with van der Waals surface area (Å²) >= 11 is 1.73. The van der Waals surface area contributed by atoms with Crippen LogP contribution in [0.4, 0.5) is 0 Å². The molecule has 0 aliphatic rings. The summed E-state index contributed by atoms with van der Waals surface area (Å²) in [4.78, 5) is 10.1. The molecule has 0 aliphatic heterocycles. The maximum atomic E-state index is 4.55. The van der Waals surface area contributed by atoms with Crippen LogP contribution in [-0.4, -0.2) is 18.0 Å². The van der Waals surface area contributed by atoms with E-state index in [2.05, 4.69) is 70.0 Å². The van der Waals surface area contributed by atoms with Crippen molar-refractivity contribution in [3.05, 3.63) is 63.6 Å². The zero-order valence-electron chi connectivity index (χ0n) is 14.7. The molecular weight excluding hydrogens is 443 g/mol. The van der Waals surface area contributed by atoms with Crippen molar-refractivity contribution >= 4 is 52.0 Å². The van der Waals surface area contributed by atoms with E-state index >= 15 is 0 Å². The van der Waals surface area contributed by atoms with E-state index in [0.29, 0.717) is 6.54 Å². The lowest BCUT2D eigenvalue weighted by Gasteiger charge is -2.12. The zero-order chi connectivity index (χ0) is 16.9. The van der Waals surface area contributed by atoms with Gasteiger partial charge in [0, 0.05) is 18.5 Å². The highest BCUT2D eigenvalue weighted by Gasteiger charge is 2.06. The molecule has 0 atom stereocenters. The first-order valence-corrected chi connectivity index (χ1v) is 8.83. The van der Waals surface area contributed by atoms with Crippen molar-refractivity contribution in [2.24, 2.45) is 4.99 Å². The molecule has 0 radical (unpaired) electrons. The normalized spacial score (nSPS) is 11.2. The maximum absolute atomic E-state index is 4.55. The predicted octanol–water partition coefficient (Wildman–Crippen LogP) is 4.40. The van der Waals surface area contributed by atoms with Gasteiger partial charge in [-0.2, -0.15) is 0 Å². The smallest absolute Gasteiger partial charge is 0.191 e. The SMILES string of the molecule is CN=C(NCc1nc(C)c(C)s1)NCc1cccc2ccccc12.I. The van der Waals surface area contributed by atoms with Crippen LogP contribution >= 0.6 is 35.3 Å². The van der Waals surface area contributed by atoms with Crippen LogP contribution in [0.3, 0.4) is 0 Å². The number of halogens is 1. The second-order valence-electron chi connectivity index (χ2n) is 5.67. The van der Waals surface area contributed by atoms with E-state index in [4.69, 9.17) is 0 Å². The second-order valence-corrected chi connectivity index (χ2v) is 6.95. The highest BCUT2D eigenvalue weighted by atomic mass is 127. The number of guanidine groups is 1. The number of aliphatic imine (C=N–C) groups is 1. The molecule has 132 valence electrons. The molecule has 0 aliphatic carbocycles. The van der Waals surface area contributed by atoms with Crippen LogP contribution < -0.4 is 10.6 Å². The molecule has 2 N–H and O–H groups in total. The van der Waals surface area contributed by atoms with Gasteiger partial charge in [-0.3, -0.25) is 4.99 Å². The molecule has 3 aromatic rings. The van der Waals surface area contributed by atoms with Gasteiger partial charge in [-0.25, -0.2) is 4.98 Å². The van der Waals surface area contributed by atoms with Crippen molar-refractivity contribution in [3.8, 4) is 0 Å². The molecule has 6 heteroatoms. The Hall–Kier alpha value is -1.67. The van der Waals surface area contributed by atoms with Crippen LogP contribution in [0.1, 0.15) is 21.1 Å². The number of hydrogen-bond donors (Lipinski definition) is 2. The lowest BCUT2D eigenvalue weighted by atomic mass is 10.0. The fourth-order valence-corrected chi connectivity index (χ4v) is 3.49. The number of rotatable bonds is 4. The Bertz CT molecular complexity index is 848. The summed E-state index contributed by atoms with van der Waals surface area (Å²) in [6, 6.07) is 14.8. The van der Waals surface area contributed by atoms with Gasteiger partial charge in [0.05, 0.1) is 12.2 Å². The molecular formula is C19H23IN4S. The first-order valence-electron chi connectivity index (χ1n) is 8.01. The summed E-state index contributed by atoms with van der Waals surface area (Å²) in [5, 5.41) is 10.3. The minimum absolute atomic E-state index is 0. The van der Waals surface area contributed by atoms with E-state index in [1.54, 1.807) is 18.4 Å². The number of aryl methyl sites for hydroxylation is 2. The van der Waals surface area contributed by atoms with Crippen LogP contribution in [0, 0.1) is 13.8 Å². The van der Waals surface area contributed by atoms with Crippen molar-refractivity contribution in [1.29, 1.82) is 0 Å². The van der Waals surface area contributed by atoms with E-state index in [-0.39, 0.29) is 24.0 Å². The molecule has 0 spiro atoms. The van der Waals surface area contributed by atoms with Gasteiger partial charge in [-0.05, 0) is 30.2 Å². The number of nitrogens with one attached hydrogen (secondary N) is 2. The highest BCUT2D eigenvalue weighted by Crippen LogP contribution is 2.18. The van der Waals surface area contributed by atoms with Crippen LogP contribution in [-0.2, 0) is 13.1 Å². The number of benzene rings is 2. The number of aromatic nitrogens is 1. The second kappa shape index (κ2) is 9.15. The van der Waals surface area contributed by atoms with Crippen LogP contribution in [0.25, 0.3) is 10.8 Å². The molecule has 0 saturated heterocycles. The molecule has 2 aromatic carbocycles. The van der Waals surface area contributed by atoms with Gasteiger partial charge >= 0.3 is 0 Å². The molecule has 0 bridgehead atoms. The molecule has 3 rings (SSSR count). The van der Waals surface area contributed by atoms with Gasteiger partial charge in [0.25, 0.3) is 0 Å². The molecule has 0 unspecified atom stereocenters. The maximum Gasteiger partial charge on any atom is 0.191 e. The van der Waals surface area contributed by atoms with Crippen molar-refractivity contribution in [3.63, 3.8) is 0 Å². The average molecular weight is 466 g/mol. The third-order valence-corrected chi connectivity index (χ3v) is 5.10. The van der Waals surface area contributed by atoms with Crippen molar-refractivity contribution in [2.75, 3.05) is 7.05 Å². The summed E-state index contributed by atoms with van der Waals surface area (Å²) in [7, 11) is 1.79. The van der Waals surface area contributed by atoms with Crippen LogP contribution in [0.5, 0.6) is 0 Å². The molecule has 0 amide bonds. The van der Waals surface area contributed by atoms with Crippen LogP contribution in [0.2, 0.25) is 0 Å². The van der Waals surface area contributed by atoms with E-state index in [1.165, 1.54) is 21.2 Å². The van der Waals surface area contributed by atoms with E-state index in [1.807, 2.05) is 6.92 Å². The summed E-state index contributed by atoms with van der Waals surface area (Å²) < 4.78 is 0. The summed E-state index contributed by atoms with van der Waals surface area (Å²) in [5.74, 6) is 0.786.